The number of likely N-dealkylation sites (tertiary alicyclic amines) is 1. The standard InChI is InChI=1S/C19H17F3N2OS/c20-19(21,22)16-6-15(7-17(8-16)23-13-26)9-24-10-18(11-24)25-12-14-4-2-1-3-5-14/h1-8,18H,9-12H2. The average Bonchev–Trinajstić information content (AvgIpc) is 2.57. The molecule has 1 fully saturated rings. The molecule has 0 amide bonds. The lowest BCUT2D eigenvalue weighted by Crippen LogP contribution is -2.51. The fourth-order valence-electron chi connectivity index (χ4n) is 2.85. The lowest BCUT2D eigenvalue weighted by molar-refractivity contribution is -0.137. The van der Waals surface area contributed by atoms with Crippen molar-refractivity contribution in [2.75, 3.05) is 13.1 Å². The Labute approximate surface area is 155 Å². The first-order chi connectivity index (χ1) is 12.4. The van der Waals surface area contributed by atoms with E-state index in [2.05, 4.69) is 22.4 Å². The van der Waals surface area contributed by atoms with Gasteiger partial charge < -0.3 is 4.74 Å². The van der Waals surface area contributed by atoms with Gasteiger partial charge in [-0.25, -0.2) is 0 Å². The van der Waals surface area contributed by atoms with Crippen LogP contribution in [0.4, 0.5) is 18.9 Å². The van der Waals surface area contributed by atoms with Crippen molar-refractivity contribution in [3.05, 3.63) is 65.2 Å². The van der Waals surface area contributed by atoms with E-state index in [-0.39, 0.29) is 11.8 Å². The normalized spacial score (nSPS) is 15.3. The molecule has 1 aliphatic heterocycles. The predicted molar refractivity (Wildman–Crippen MR) is 96.4 cm³/mol. The number of halogens is 3. The van der Waals surface area contributed by atoms with Gasteiger partial charge in [-0.15, -0.1) is 0 Å². The van der Waals surface area contributed by atoms with E-state index in [0.29, 0.717) is 31.8 Å². The van der Waals surface area contributed by atoms with Crippen LogP contribution in [-0.2, 0) is 24.1 Å². The van der Waals surface area contributed by atoms with Crippen LogP contribution in [0.1, 0.15) is 16.7 Å². The Bertz CT molecular complexity index is 798. The SMILES string of the molecule is FC(F)(F)c1cc(CN2CC(OCc3ccccc3)C2)cc(N=C=S)c1. The molecule has 1 aliphatic rings. The van der Waals surface area contributed by atoms with Gasteiger partial charge in [0, 0.05) is 19.6 Å². The number of alkyl halides is 3. The largest absolute Gasteiger partial charge is 0.416 e. The molecular formula is C19H17F3N2OS. The van der Waals surface area contributed by atoms with Crippen LogP contribution in [0.25, 0.3) is 0 Å². The van der Waals surface area contributed by atoms with Crippen molar-refractivity contribution in [1.82, 2.24) is 4.90 Å². The van der Waals surface area contributed by atoms with Crippen molar-refractivity contribution in [3.8, 4) is 0 Å². The van der Waals surface area contributed by atoms with Crippen LogP contribution < -0.4 is 0 Å². The molecule has 0 unspecified atom stereocenters. The van der Waals surface area contributed by atoms with Crippen LogP contribution in [0.2, 0.25) is 0 Å². The number of hydrogen-bond donors (Lipinski definition) is 0. The summed E-state index contributed by atoms with van der Waals surface area (Å²) in [6, 6.07) is 13.6. The summed E-state index contributed by atoms with van der Waals surface area (Å²) in [6.07, 6.45) is -4.32. The Morgan fingerprint density at radius 2 is 1.85 bits per heavy atom. The van der Waals surface area contributed by atoms with E-state index >= 15 is 0 Å². The van der Waals surface area contributed by atoms with E-state index in [0.717, 1.165) is 17.7 Å². The highest BCUT2D eigenvalue weighted by Crippen LogP contribution is 2.33. The van der Waals surface area contributed by atoms with Gasteiger partial charge in [-0.2, -0.15) is 18.2 Å². The highest BCUT2D eigenvalue weighted by atomic mass is 32.1. The van der Waals surface area contributed by atoms with Crippen LogP contribution in [0.3, 0.4) is 0 Å². The molecule has 26 heavy (non-hydrogen) atoms. The molecule has 0 radical (unpaired) electrons. The molecule has 3 rings (SSSR count). The van der Waals surface area contributed by atoms with Gasteiger partial charge in [0.25, 0.3) is 0 Å². The van der Waals surface area contributed by atoms with E-state index in [4.69, 9.17) is 4.74 Å². The Kier molecular flexibility index (Phi) is 5.84. The number of nitrogens with zero attached hydrogens (tertiary/aromatic N) is 2. The van der Waals surface area contributed by atoms with E-state index < -0.39 is 11.7 Å². The van der Waals surface area contributed by atoms with Crippen molar-refractivity contribution in [1.29, 1.82) is 0 Å². The highest BCUT2D eigenvalue weighted by Gasteiger charge is 2.32. The van der Waals surface area contributed by atoms with E-state index in [9.17, 15) is 13.2 Å². The van der Waals surface area contributed by atoms with Gasteiger partial charge in [-0.1, -0.05) is 30.3 Å². The first kappa shape index (κ1) is 18.7. The van der Waals surface area contributed by atoms with Gasteiger partial charge in [0.2, 0.25) is 0 Å². The Hall–Kier alpha value is -2.05. The zero-order valence-electron chi connectivity index (χ0n) is 13.9. The van der Waals surface area contributed by atoms with Crippen molar-refractivity contribution in [3.63, 3.8) is 0 Å². The summed E-state index contributed by atoms with van der Waals surface area (Å²) < 4.78 is 44.9. The van der Waals surface area contributed by atoms with Gasteiger partial charge in [-0.3, -0.25) is 4.90 Å². The maximum atomic E-state index is 13.0. The van der Waals surface area contributed by atoms with Gasteiger partial charge in [0.15, 0.2) is 0 Å². The summed E-state index contributed by atoms with van der Waals surface area (Å²) >= 11 is 4.50. The molecule has 1 heterocycles. The third-order valence-corrected chi connectivity index (χ3v) is 4.23. The van der Waals surface area contributed by atoms with Crippen LogP contribution in [-0.4, -0.2) is 29.3 Å². The second-order valence-electron chi connectivity index (χ2n) is 6.20. The van der Waals surface area contributed by atoms with Crippen molar-refractivity contribution < 1.29 is 17.9 Å². The Balaban J connectivity index is 1.56. The molecule has 0 aliphatic carbocycles. The minimum atomic E-state index is -4.42. The molecule has 0 N–H and O–H groups in total. The topological polar surface area (TPSA) is 24.8 Å². The number of thiocarbonyl (C=S) groups is 1. The van der Waals surface area contributed by atoms with Crippen LogP contribution in [0.5, 0.6) is 0 Å². The maximum Gasteiger partial charge on any atom is 0.416 e. The molecule has 2 aromatic rings. The second-order valence-corrected chi connectivity index (χ2v) is 6.38. The van der Waals surface area contributed by atoms with E-state index in [1.54, 1.807) is 6.07 Å². The quantitative estimate of drug-likeness (QED) is 0.531. The molecule has 7 heteroatoms. The molecule has 2 aromatic carbocycles. The van der Waals surface area contributed by atoms with E-state index in [1.807, 2.05) is 35.2 Å². The smallest absolute Gasteiger partial charge is 0.371 e. The lowest BCUT2D eigenvalue weighted by Gasteiger charge is -2.39. The Morgan fingerprint density at radius 1 is 1.12 bits per heavy atom. The summed E-state index contributed by atoms with van der Waals surface area (Å²) in [5.41, 5.74) is 1.09. The summed E-state index contributed by atoms with van der Waals surface area (Å²) in [4.78, 5) is 5.73. The summed E-state index contributed by atoms with van der Waals surface area (Å²) in [5.74, 6) is 0. The molecule has 0 bridgehead atoms. The molecule has 0 saturated carbocycles. The third-order valence-electron chi connectivity index (χ3n) is 4.14. The number of rotatable bonds is 6. The minimum absolute atomic E-state index is 0.0967. The lowest BCUT2D eigenvalue weighted by atomic mass is 10.1. The number of isothiocyanates is 1. The summed E-state index contributed by atoms with van der Waals surface area (Å²) in [7, 11) is 0. The van der Waals surface area contributed by atoms with Crippen LogP contribution >= 0.6 is 12.2 Å². The number of ether oxygens (including phenoxy) is 1. The summed E-state index contributed by atoms with van der Waals surface area (Å²) in [5, 5.41) is 2.12. The zero-order valence-corrected chi connectivity index (χ0v) is 14.7. The number of aliphatic imine (C=N–C) groups is 1. The van der Waals surface area contributed by atoms with Gasteiger partial charge in [0.05, 0.1) is 29.1 Å². The van der Waals surface area contributed by atoms with Crippen LogP contribution in [0.15, 0.2) is 53.5 Å². The van der Waals surface area contributed by atoms with Gasteiger partial charge in [0.1, 0.15) is 0 Å². The molecule has 0 spiro atoms. The molecule has 1 saturated heterocycles. The van der Waals surface area contributed by atoms with E-state index in [1.165, 1.54) is 0 Å². The first-order valence-electron chi connectivity index (χ1n) is 8.11. The predicted octanol–water partition coefficient (Wildman–Crippen LogP) is 4.84. The van der Waals surface area contributed by atoms with Crippen molar-refractivity contribution in [2.24, 2.45) is 4.99 Å². The second kappa shape index (κ2) is 8.10. The van der Waals surface area contributed by atoms with Crippen LogP contribution in [0, 0.1) is 0 Å². The fraction of sp³-hybridized carbons (Fsp3) is 0.316. The zero-order chi connectivity index (χ0) is 18.6. The minimum Gasteiger partial charge on any atom is -0.371 e. The molecule has 0 aromatic heterocycles. The molecule has 0 atom stereocenters. The Morgan fingerprint density at radius 3 is 2.50 bits per heavy atom. The third kappa shape index (κ3) is 4.99. The molecule has 3 nitrogen and oxygen atoms in total. The fourth-order valence-corrected chi connectivity index (χ4v) is 2.96. The first-order valence-corrected chi connectivity index (χ1v) is 8.52. The molecular weight excluding hydrogens is 361 g/mol. The van der Waals surface area contributed by atoms with Crippen molar-refractivity contribution in [2.45, 2.75) is 25.4 Å². The average molecular weight is 378 g/mol. The van der Waals surface area contributed by atoms with Gasteiger partial charge in [-0.05, 0) is 41.5 Å². The monoisotopic (exact) mass is 378 g/mol. The maximum absolute atomic E-state index is 13.0. The number of hydrogen-bond acceptors (Lipinski definition) is 4. The molecule has 136 valence electrons. The van der Waals surface area contributed by atoms with Crippen molar-refractivity contribution >= 4 is 23.1 Å². The highest BCUT2D eigenvalue weighted by molar-refractivity contribution is 7.78. The summed E-state index contributed by atoms with van der Waals surface area (Å²) in [6.45, 7) is 2.33. The number of benzene rings is 2. The van der Waals surface area contributed by atoms with Gasteiger partial charge >= 0.3 is 6.18 Å².